The molecule has 6 atom stereocenters. The second kappa shape index (κ2) is 23.5. The predicted octanol–water partition coefficient (Wildman–Crippen LogP) is 7.99. The number of aromatic hydroxyl groups is 1. The van der Waals surface area contributed by atoms with Crippen molar-refractivity contribution in [3.63, 3.8) is 0 Å². The third kappa shape index (κ3) is 11.8. The fourth-order valence-corrected chi connectivity index (χ4v) is 14.2. The minimum atomic E-state index is -0.803. The van der Waals surface area contributed by atoms with Crippen LogP contribution in [-0.4, -0.2) is 152 Å². The van der Waals surface area contributed by atoms with Crippen LogP contribution >= 0.6 is 11.3 Å². The number of β-amino-alcohol motifs (C(OH)–C–C–N with tert-alkyl or cyclic N) is 1. The number of phenolic OH excluding ortho intramolecular Hbond substituents is 1. The summed E-state index contributed by atoms with van der Waals surface area (Å²) in [6.45, 7) is 14.4. The molecule has 1 aliphatic carbocycles. The van der Waals surface area contributed by atoms with Crippen LogP contribution in [0.15, 0.2) is 89.0 Å². The molecule has 428 valence electrons. The van der Waals surface area contributed by atoms with Crippen molar-refractivity contribution in [3.05, 3.63) is 102 Å². The number of para-hydroxylation sites is 1. The van der Waals surface area contributed by atoms with Crippen LogP contribution in [0.3, 0.4) is 0 Å². The first kappa shape index (κ1) is 54.7. The molecule has 0 spiro atoms. The van der Waals surface area contributed by atoms with Crippen molar-refractivity contribution in [1.29, 1.82) is 0 Å². The molecule has 2 amide bonds. The normalized spacial score (nSPS) is 24.4. The number of hydrogen-bond acceptors (Lipinski definition) is 18. The van der Waals surface area contributed by atoms with Gasteiger partial charge >= 0.3 is 0 Å². The zero-order chi connectivity index (χ0) is 55.9. The van der Waals surface area contributed by atoms with E-state index in [-0.39, 0.29) is 60.8 Å². The molecule has 9 heterocycles. The number of likely N-dealkylation sites (tertiary alicyclic amines) is 2. The monoisotopic (exact) mass is 1120 g/mol. The highest BCUT2D eigenvalue weighted by atomic mass is 32.1. The van der Waals surface area contributed by atoms with Crippen molar-refractivity contribution in [2.75, 3.05) is 72.8 Å². The van der Waals surface area contributed by atoms with Gasteiger partial charge in [-0.1, -0.05) is 55.4 Å². The van der Waals surface area contributed by atoms with E-state index in [0.717, 1.165) is 136 Å². The number of aliphatic hydroxyl groups is 1. The zero-order valence-corrected chi connectivity index (χ0v) is 47.7. The van der Waals surface area contributed by atoms with Crippen molar-refractivity contribution >= 4 is 46.2 Å². The van der Waals surface area contributed by atoms with E-state index in [4.69, 9.17) is 19.7 Å². The molecule has 2 bridgehead atoms. The number of pyridine rings is 1. The van der Waals surface area contributed by atoms with E-state index in [0.29, 0.717) is 46.7 Å². The zero-order valence-electron chi connectivity index (χ0n) is 46.8. The van der Waals surface area contributed by atoms with Crippen molar-refractivity contribution in [1.82, 2.24) is 40.4 Å². The minimum absolute atomic E-state index is 0.0845. The molecular weight excluding hydrogens is 1040 g/mol. The number of nitrogens with one attached hydrogen (secondary N) is 1. The second-order valence-electron chi connectivity index (χ2n) is 23.8. The number of piperazine rings is 1. The van der Waals surface area contributed by atoms with Gasteiger partial charge in [-0.2, -0.15) is 0 Å². The highest BCUT2D eigenvalue weighted by molar-refractivity contribution is 7.13. The minimum Gasteiger partial charge on any atom is -0.507 e. The fraction of sp³-hybridized carbons (Fsp3) is 0.525. The summed E-state index contributed by atoms with van der Waals surface area (Å²) < 4.78 is 19.1. The number of aliphatic hydroxyl groups excluding tert-OH is 1. The second-order valence-corrected chi connectivity index (χ2v) is 24.6. The van der Waals surface area contributed by atoms with E-state index in [1.54, 1.807) is 23.5 Å². The Morgan fingerprint density at radius 3 is 2.31 bits per heavy atom. The van der Waals surface area contributed by atoms with Crippen LogP contribution in [0.1, 0.15) is 108 Å². The van der Waals surface area contributed by atoms with E-state index < -0.39 is 18.1 Å². The van der Waals surface area contributed by atoms with Gasteiger partial charge in [-0.3, -0.25) is 9.59 Å². The van der Waals surface area contributed by atoms with Gasteiger partial charge in [0.15, 0.2) is 17.4 Å². The Morgan fingerprint density at radius 2 is 1.59 bits per heavy atom. The average molecular weight is 1120 g/mol. The predicted molar refractivity (Wildman–Crippen MR) is 311 cm³/mol. The van der Waals surface area contributed by atoms with Crippen molar-refractivity contribution in [2.45, 2.75) is 140 Å². The lowest BCUT2D eigenvalue weighted by molar-refractivity contribution is -0.141. The smallest absolute Gasteiger partial charge is 0.243 e. The number of nitrogens with two attached hydrogens (primary N) is 1. The third-order valence-electron chi connectivity index (χ3n) is 17.9. The van der Waals surface area contributed by atoms with E-state index in [1.807, 2.05) is 87.9 Å². The summed E-state index contributed by atoms with van der Waals surface area (Å²) in [7, 11) is 0. The lowest BCUT2D eigenvalue weighted by atomic mass is 9.91. The number of benzene rings is 2. The van der Waals surface area contributed by atoms with Crippen molar-refractivity contribution < 1.29 is 33.8 Å². The van der Waals surface area contributed by atoms with Gasteiger partial charge in [0.2, 0.25) is 17.7 Å². The van der Waals surface area contributed by atoms with Crippen molar-refractivity contribution in [3.8, 4) is 33.3 Å². The molecule has 19 nitrogen and oxygen atoms in total. The van der Waals surface area contributed by atoms with Gasteiger partial charge in [-0.25, -0.2) is 9.97 Å². The summed E-state index contributed by atoms with van der Waals surface area (Å²) in [4.78, 5) is 49.6. The van der Waals surface area contributed by atoms with Gasteiger partial charge in [-0.15, -0.1) is 21.5 Å². The van der Waals surface area contributed by atoms with Gasteiger partial charge in [0, 0.05) is 113 Å². The molecule has 6 fully saturated rings. The van der Waals surface area contributed by atoms with Crippen LogP contribution in [0.2, 0.25) is 0 Å². The Morgan fingerprint density at radius 1 is 0.840 bits per heavy atom. The highest BCUT2D eigenvalue weighted by Gasteiger charge is 2.45. The SMILES string of the molecule is Cc1ncsc1-c1ccc(C(C)NC(=O)[C@@H]2C[C@@H](O)CN2C(=O)C(c2cc(N3CCC(CN4CCC(OC5CC(Oc6cc(N7C8CCC7CN(c7cc(-c9ccccc9O)nnc7N)C8)ccn6)C5)CC4)CC3)no2)C(C)C)cc1. The topological polar surface area (TPSA) is 225 Å². The van der Waals surface area contributed by atoms with E-state index in [9.17, 15) is 19.8 Å². The lowest BCUT2D eigenvalue weighted by Gasteiger charge is -2.43. The molecule has 4 unspecified atom stereocenters. The summed E-state index contributed by atoms with van der Waals surface area (Å²) in [5.41, 5.74) is 14.5. The van der Waals surface area contributed by atoms with Gasteiger partial charge in [0.25, 0.3) is 0 Å². The number of carbonyl (C=O) groups is 2. The summed E-state index contributed by atoms with van der Waals surface area (Å²) in [6.07, 6.45) is 9.84. The molecule has 81 heavy (non-hydrogen) atoms. The Bertz CT molecular complexity index is 3140. The standard InChI is InChI=1S/C61H76N12O7S/c1-36(2)57(61(77)72-34-45(74)26-52(72)60(76)65-37(3)40-9-11-41(12-10-40)58-38(4)64-35-81-58)54-30-55(68-80-54)70-23-16-39(17-24-70)31-69-21-18-46(19-22-69)78-47-27-48(28-47)79-56-25-42(15-20-63-56)73-43-13-14-44(73)33-71(32-43)51-29-50(66-67-59(51)62)49-7-5-6-8-53(49)75/h5-12,15,20,25,29-30,35-37,39,43-48,52,57,74-75H,13-14,16-19,21-24,26-28,31-34H2,1-4H3,(H2,62,67)(H,65,76)/t37?,43?,44?,45-,47?,48?,52+,57?/m1/s1. The molecular formula is C61H76N12O7S. The number of aryl methyl sites for hydroxylation is 1. The summed E-state index contributed by atoms with van der Waals surface area (Å²) in [6, 6.07) is 22.8. The van der Waals surface area contributed by atoms with E-state index >= 15 is 0 Å². The van der Waals surface area contributed by atoms with Gasteiger partial charge in [0.05, 0.1) is 51.8 Å². The van der Waals surface area contributed by atoms with Gasteiger partial charge in [0.1, 0.15) is 23.8 Å². The average Bonchev–Trinajstić information content (AvgIpc) is 4.28. The van der Waals surface area contributed by atoms with Crippen molar-refractivity contribution in [2.24, 2.45) is 11.8 Å². The Hall–Kier alpha value is -6.87. The van der Waals surface area contributed by atoms with E-state index in [1.165, 1.54) is 4.90 Å². The number of rotatable bonds is 17. The summed E-state index contributed by atoms with van der Waals surface area (Å²) >= 11 is 1.60. The fourth-order valence-electron chi connectivity index (χ4n) is 13.4. The molecule has 12 rings (SSSR count). The van der Waals surface area contributed by atoms with E-state index in [2.05, 4.69) is 62.4 Å². The van der Waals surface area contributed by atoms with Crippen LogP contribution in [0.25, 0.3) is 21.7 Å². The quantitative estimate of drug-likeness (QED) is 0.0679. The molecule has 5 saturated heterocycles. The number of nitrogens with zero attached hydrogens (tertiary/aromatic N) is 10. The number of phenols is 1. The molecule has 20 heteroatoms. The Labute approximate surface area is 477 Å². The summed E-state index contributed by atoms with van der Waals surface area (Å²) in [5.74, 6) is 1.72. The number of carbonyl (C=O) groups excluding carboxylic acids is 2. The number of amides is 2. The Kier molecular flexibility index (Phi) is 15.9. The molecule has 2 aromatic carbocycles. The molecule has 6 aliphatic rings. The molecule has 4 aromatic heterocycles. The molecule has 6 aromatic rings. The maximum Gasteiger partial charge on any atom is 0.243 e. The molecule has 5 N–H and O–H groups in total. The number of aromatic nitrogens is 5. The number of hydrogen-bond donors (Lipinski definition) is 4. The van der Waals surface area contributed by atoms with Crippen LogP contribution in [-0.2, 0) is 14.3 Å². The summed E-state index contributed by atoms with van der Waals surface area (Å²) in [5, 5.41) is 37.5. The number of piperidine rings is 2. The van der Waals surface area contributed by atoms with Crippen LogP contribution in [0, 0.1) is 18.8 Å². The largest absolute Gasteiger partial charge is 0.507 e. The Balaban J connectivity index is 0.564. The first-order chi connectivity index (χ1) is 39.3. The van der Waals surface area contributed by atoms with Crippen LogP contribution in [0.5, 0.6) is 11.6 Å². The van der Waals surface area contributed by atoms with Gasteiger partial charge < -0.3 is 59.8 Å². The van der Waals surface area contributed by atoms with Gasteiger partial charge in [-0.05, 0) is 99.6 Å². The number of nitrogen functional groups attached to an aromatic ring is 1. The first-order valence-electron chi connectivity index (χ1n) is 29.2. The third-order valence-corrected chi connectivity index (χ3v) is 18.9. The molecule has 1 saturated carbocycles. The maximum atomic E-state index is 14.4. The number of thiazole rings is 1. The number of fused-ring (bicyclic) bond motifs is 2. The molecule has 0 radical (unpaired) electrons. The maximum absolute atomic E-state index is 14.4. The van der Waals surface area contributed by atoms with Crippen LogP contribution in [0.4, 0.5) is 23.0 Å². The number of ether oxygens (including phenoxy) is 2. The number of anilines is 4. The van der Waals surface area contributed by atoms with Crippen LogP contribution < -0.4 is 30.5 Å². The first-order valence-corrected chi connectivity index (χ1v) is 30.1. The highest BCUT2D eigenvalue weighted by Crippen LogP contribution is 2.41. The molecule has 5 aliphatic heterocycles. The lowest BCUT2D eigenvalue weighted by Crippen LogP contribution is -2.54.